The molecule has 0 atom stereocenters. The first-order valence-corrected chi connectivity index (χ1v) is 3.21. The van der Waals surface area contributed by atoms with E-state index in [9.17, 15) is 0 Å². The molecule has 0 aliphatic heterocycles. The minimum Gasteiger partial charge on any atom is -0.195 e. The Kier molecular flexibility index (Phi) is 3.06. The molecule has 44 valence electrons. The summed E-state index contributed by atoms with van der Waals surface area (Å²) >= 11 is 1.71. The average Bonchev–Trinajstić information content (AvgIpc) is 1.89. The Labute approximate surface area is 67.6 Å². The summed E-state index contributed by atoms with van der Waals surface area (Å²) in [5.41, 5.74) is 0. The van der Waals surface area contributed by atoms with Gasteiger partial charge in [-0.05, 0) is 29.5 Å². The molecule has 3 heteroatoms. The SMILES string of the molecule is CC#CC(I)(C#N)C#N. The van der Waals surface area contributed by atoms with Crippen LogP contribution in [0.3, 0.4) is 0 Å². The van der Waals surface area contributed by atoms with Crippen molar-refractivity contribution in [1.29, 1.82) is 10.5 Å². The molecule has 0 N–H and O–H groups in total. The van der Waals surface area contributed by atoms with Crippen LogP contribution >= 0.6 is 22.6 Å². The predicted octanol–water partition coefficient (Wildman–Crippen LogP) is 1.23. The van der Waals surface area contributed by atoms with E-state index in [1.165, 1.54) is 0 Å². The van der Waals surface area contributed by atoms with Gasteiger partial charge in [-0.25, -0.2) is 0 Å². The van der Waals surface area contributed by atoms with Crippen molar-refractivity contribution in [3.63, 3.8) is 0 Å². The quantitative estimate of drug-likeness (QED) is 0.357. The zero-order chi connectivity index (χ0) is 7.33. The van der Waals surface area contributed by atoms with Crippen LogP contribution in [0.5, 0.6) is 0 Å². The number of hydrogen-bond donors (Lipinski definition) is 0. The van der Waals surface area contributed by atoms with Crippen LogP contribution in [0.4, 0.5) is 0 Å². The number of nitriles is 2. The molecule has 0 saturated heterocycles. The van der Waals surface area contributed by atoms with Gasteiger partial charge in [-0.2, -0.15) is 10.5 Å². The van der Waals surface area contributed by atoms with Gasteiger partial charge >= 0.3 is 0 Å². The van der Waals surface area contributed by atoms with E-state index >= 15 is 0 Å². The van der Waals surface area contributed by atoms with Crippen LogP contribution in [0.25, 0.3) is 0 Å². The van der Waals surface area contributed by atoms with Gasteiger partial charge in [0.1, 0.15) is 12.1 Å². The van der Waals surface area contributed by atoms with Gasteiger partial charge in [0.05, 0.1) is 0 Å². The van der Waals surface area contributed by atoms with E-state index in [1.54, 1.807) is 41.7 Å². The van der Waals surface area contributed by atoms with Crippen molar-refractivity contribution in [2.24, 2.45) is 0 Å². The topological polar surface area (TPSA) is 47.6 Å². The van der Waals surface area contributed by atoms with Gasteiger partial charge < -0.3 is 0 Å². The normalized spacial score (nSPS) is 8.00. The molecule has 0 aliphatic carbocycles. The number of alkyl halides is 1. The molecular weight excluding hydrogens is 227 g/mol. The van der Waals surface area contributed by atoms with E-state index in [-0.39, 0.29) is 0 Å². The molecule has 0 bridgehead atoms. The van der Waals surface area contributed by atoms with Crippen molar-refractivity contribution in [3.8, 4) is 24.0 Å². The molecule has 0 aromatic carbocycles. The summed E-state index contributed by atoms with van der Waals surface area (Å²) in [5.74, 6) is 4.98. The molecule has 0 spiro atoms. The first-order chi connectivity index (χ1) is 4.18. The Bertz CT molecular complexity index is 218. The lowest BCUT2D eigenvalue weighted by Crippen LogP contribution is -2.10. The molecule has 9 heavy (non-hydrogen) atoms. The average molecular weight is 230 g/mol. The molecule has 0 unspecified atom stereocenters. The summed E-state index contributed by atoms with van der Waals surface area (Å²) in [5, 5.41) is 16.7. The first kappa shape index (κ1) is 8.27. The standard InChI is InChI=1S/C6H3IN2/c1-2-3-6(7,4-8)5-9/h1H3. The van der Waals surface area contributed by atoms with Gasteiger partial charge in [0.15, 0.2) is 0 Å². The van der Waals surface area contributed by atoms with Crippen molar-refractivity contribution in [1.82, 2.24) is 0 Å². The fraction of sp³-hybridized carbons (Fsp3) is 0.333. The third kappa shape index (κ3) is 2.35. The maximum Gasteiger partial charge on any atom is 0.253 e. The zero-order valence-corrected chi connectivity index (χ0v) is 6.93. The van der Waals surface area contributed by atoms with Gasteiger partial charge in [-0.15, -0.1) is 5.92 Å². The molecule has 0 aromatic heterocycles. The van der Waals surface area contributed by atoms with Crippen molar-refractivity contribution < 1.29 is 0 Å². The van der Waals surface area contributed by atoms with Gasteiger partial charge in [0.25, 0.3) is 3.42 Å². The molecule has 0 aliphatic rings. The second kappa shape index (κ2) is 3.33. The van der Waals surface area contributed by atoms with E-state index in [0.29, 0.717) is 0 Å². The Balaban J connectivity index is 4.53. The maximum atomic E-state index is 8.33. The fourth-order valence-corrected chi connectivity index (χ4v) is 0.523. The second-order valence-electron chi connectivity index (χ2n) is 1.26. The summed E-state index contributed by atoms with van der Waals surface area (Å²) in [6.07, 6.45) is 0. The zero-order valence-electron chi connectivity index (χ0n) is 4.77. The molecule has 0 amide bonds. The van der Waals surface area contributed by atoms with E-state index in [2.05, 4.69) is 11.8 Å². The molecule has 0 aromatic rings. The maximum absolute atomic E-state index is 8.33. The molecule has 0 radical (unpaired) electrons. The van der Waals surface area contributed by atoms with Crippen LogP contribution in [0.1, 0.15) is 6.92 Å². The molecular formula is C6H3IN2. The third-order valence-corrected chi connectivity index (χ3v) is 1.36. The second-order valence-corrected chi connectivity index (χ2v) is 2.88. The van der Waals surface area contributed by atoms with Crippen molar-refractivity contribution in [2.45, 2.75) is 10.3 Å². The summed E-state index contributed by atoms with van der Waals surface area (Å²) in [7, 11) is 0. The van der Waals surface area contributed by atoms with Crippen molar-refractivity contribution in [3.05, 3.63) is 0 Å². The number of halogens is 1. The monoisotopic (exact) mass is 230 g/mol. The fourth-order valence-electron chi connectivity index (χ4n) is 0.253. The highest BCUT2D eigenvalue weighted by molar-refractivity contribution is 14.1. The van der Waals surface area contributed by atoms with Gasteiger partial charge in [-0.3, -0.25) is 0 Å². The molecule has 0 fully saturated rings. The van der Waals surface area contributed by atoms with Crippen LogP contribution < -0.4 is 0 Å². The Hall–Kier alpha value is -0.730. The number of rotatable bonds is 0. The molecule has 2 nitrogen and oxygen atoms in total. The van der Waals surface area contributed by atoms with Crippen LogP contribution in [-0.4, -0.2) is 3.42 Å². The Morgan fingerprint density at radius 2 is 1.78 bits per heavy atom. The highest BCUT2D eigenvalue weighted by atomic mass is 127. The van der Waals surface area contributed by atoms with Crippen molar-refractivity contribution >= 4 is 22.6 Å². The molecule has 0 saturated carbocycles. The van der Waals surface area contributed by atoms with Crippen LogP contribution in [-0.2, 0) is 0 Å². The van der Waals surface area contributed by atoms with E-state index < -0.39 is 3.42 Å². The minimum absolute atomic E-state index is 1.15. The van der Waals surface area contributed by atoms with E-state index in [1.807, 2.05) is 0 Å². The summed E-state index contributed by atoms with van der Waals surface area (Å²) in [6.45, 7) is 1.60. The highest BCUT2D eigenvalue weighted by Gasteiger charge is 2.21. The molecule has 0 rings (SSSR count). The van der Waals surface area contributed by atoms with Gasteiger partial charge in [-0.1, -0.05) is 5.92 Å². The lowest BCUT2D eigenvalue weighted by molar-refractivity contribution is 1.24. The third-order valence-electron chi connectivity index (χ3n) is 0.605. The highest BCUT2D eigenvalue weighted by Crippen LogP contribution is 2.13. The van der Waals surface area contributed by atoms with E-state index in [4.69, 9.17) is 10.5 Å². The Morgan fingerprint density at radius 1 is 1.33 bits per heavy atom. The van der Waals surface area contributed by atoms with Crippen LogP contribution in [0.15, 0.2) is 0 Å². The van der Waals surface area contributed by atoms with Gasteiger partial charge in [0, 0.05) is 0 Å². The van der Waals surface area contributed by atoms with E-state index in [0.717, 1.165) is 0 Å². The first-order valence-electron chi connectivity index (χ1n) is 2.14. The lowest BCUT2D eigenvalue weighted by atomic mass is 10.2. The largest absolute Gasteiger partial charge is 0.253 e. The van der Waals surface area contributed by atoms with Crippen molar-refractivity contribution in [2.75, 3.05) is 0 Å². The summed E-state index contributed by atoms with van der Waals surface area (Å²) < 4.78 is -1.15. The van der Waals surface area contributed by atoms with Gasteiger partial charge in [0.2, 0.25) is 0 Å². The predicted molar refractivity (Wildman–Crippen MR) is 41.4 cm³/mol. The summed E-state index contributed by atoms with van der Waals surface area (Å²) in [6, 6.07) is 3.56. The minimum atomic E-state index is -1.15. The molecule has 0 heterocycles. The van der Waals surface area contributed by atoms with Crippen LogP contribution in [0.2, 0.25) is 0 Å². The van der Waals surface area contributed by atoms with Crippen LogP contribution in [0, 0.1) is 34.5 Å². The number of nitrogens with zero attached hydrogens (tertiary/aromatic N) is 2. The summed E-state index contributed by atoms with van der Waals surface area (Å²) in [4.78, 5) is 0. The lowest BCUT2D eigenvalue weighted by Gasteiger charge is -1.95. The number of hydrogen-bond acceptors (Lipinski definition) is 2. The Morgan fingerprint density at radius 3 is 1.89 bits per heavy atom. The smallest absolute Gasteiger partial charge is 0.195 e.